The van der Waals surface area contributed by atoms with E-state index in [0.29, 0.717) is 18.3 Å². The fraction of sp³-hybridized carbons (Fsp3) is 0.636. The number of aliphatic hydroxyl groups is 3. The summed E-state index contributed by atoms with van der Waals surface area (Å²) in [4.78, 5) is 7.86. The van der Waals surface area contributed by atoms with E-state index in [1.165, 1.54) is 6.33 Å². The highest BCUT2D eigenvalue weighted by Crippen LogP contribution is 2.16. The Bertz CT molecular complexity index is 350. The van der Waals surface area contributed by atoms with Crippen molar-refractivity contribution in [1.29, 1.82) is 0 Å². The van der Waals surface area contributed by atoms with E-state index in [2.05, 4.69) is 15.3 Å². The first-order chi connectivity index (χ1) is 8.69. The maximum atomic E-state index is 9.19. The maximum absolute atomic E-state index is 9.19. The number of nitrogens with one attached hydrogen (secondary N) is 1. The van der Waals surface area contributed by atoms with Gasteiger partial charge in [-0.3, -0.25) is 0 Å². The summed E-state index contributed by atoms with van der Waals surface area (Å²) in [6.45, 7) is 1.26. The van der Waals surface area contributed by atoms with Crippen LogP contribution in [0.15, 0.2) is 12.4 Å². The van der Waals surface area contributed by atoms with Gasteiger partial charge < -0.3 is 25.4 Å². The highest BCUT2D eigenvalue weighted by atomic mass is 16.5. The first-order valence-corrected chi connectivity index (χ1v) is 5.75. The number of rotatable bonds is 8. The molecule has 0 saturated carbocycles. The van der Waals surface area contributed by atoms with Gasteiger partial charge in [-0.25, -0.2) is 9.97 Å². The Kier molecular flexibility index (Phi) is 5.76. The lowest BCUT2D eigenvalue weighted by atomic mass is 10.0. The van der Waals surface area contributed by atoms with E-state index < -0.39 is 25.4 Å². The molecule has 0 spiro atoms. The van der Waals surface area contributed by atoms with Crippen molar-refractivity contribution in [1.82, 2.24) is 9.97 Å². The van der Waals surface area contributed by atoms with Crippen LogP contribution in [0.5, 0.6) is 5.88 Å². The van der Waals surface area contributed by atoms with E-state index in [1.54, 1.807) is 6.07 Å². The normalized spacial score (nSPS) is 11.3. The summed E-state index contributed by atoms with van der Waals surface area (Å²) in [6.07, 6.45) is 2.17. The highest BCUT2D eigenvalue weighted by molar-refractivity contribution is 5.40. The second kappa shape index (κ2) is 7.10. The number of aromatic nitrogens is 2. The van der Waals surface area contributed by atoms with E-state index in [9.17, 15) is 15.3 Å². The standard InChI is InChI=1S/C11H19N3O4/c1-2-3-18-10-4-9(12-8-13-10)14-11(5-15,6-16)7-17/h4,8,15-17H,2-3,5-7H2,1H3,(H,12,13,14). The smallest absolute Gasteiger partial charge is 0.218 e. The SMILES string of the molecule is CCCOc1cc(NC(CO)(CO)CO)ncn1. The van der Waals surface area contributed by atoms with Crippen molar-refractivity contribution in [3.05, 3.63) is 12.4 Å². The molecule has 1 heterocycles. The second-order valence-electron chi connectivity index (χ2n) is 3.97. The molecular weight excluding hydrogens is 238 g/mol. The molecule has 0 atom stereocenters. The summed E-state index contributed by atoms with van der Waals surface area (Å²) in [5.74, 6) is 0.769. The van der Waals surface area contributed by atoms with Crippen LogP contribution in [0.2, 0.25) is 0 Å². The molecular formula is C11H19N3O4. The molecule has 7 heteroatoms. The fourth-order valence-corrected chi connectivity index (χ4v) is 1.23. The van der Waals surface area contributed by atoms with Crippen molar-refractivity contribution in [3.63, 3.8) is 0 Å². The van der Waals surface area contributed by atoms with Crippen LogP contribution in [-0.4, -0.2) is 57.3 Å². The summed E-state index contributed by atoms with van der Waals surface area (Å²) in [7, 11) is 0. The molecule has 0 radical (unpaired) electrons. The van der Waals surface area contributed by atoms with Gasteiger partial charge in [0.15, 0.2) is 0 Å². The van der Waals surface area contributed by atoms with Crippen LogP contribution in [0.3, 0.4) is 0 Å². The molecule has 0 aromatic carbocycles. The Hall–Kier alpha value is -1.44. The van der Waals surface area contributed by atoms with Gasteiger partial charge in [0.05, 0.1) is 26.4 Å². The van der Waals surface area contributed by atoms with Gasteiger partial charge in [-0.1, -0.05) is 6.92 Å². The van der Waals surface area contributed by atoms with Crippen LogP contribution < -0.4 is 10.1 Å². The van der Waals surface area contributed by atoms with Crippen LogP contribution in [-0.2, 0) is 0 Å². The summed E-state index contributed by atoms with van der Waals surface area (Å²) >= 11 is 0. The number of hydrogen-bond donors (Lipinski definition) is 4. The first kappa shape index (κ1) is 14.6. The molecule has 1 rings (SSSR count). The van der Waals surface area contributed by atoms with E-state index in [4.69, 9.17) is 4.74 Å². The molecule has 102 valence electrons. The molecule has 0 saturated heterocycles. The molecule has 1 aromatic rings. The van der Waals surface area contributed by atoms with Gasteiger partial charge in [-0.2, -0.15) is 0 Å². The molecule has 0 fully saturated rings. The monoisotopic (exact) mass is 257 g/mol. The number of hydrogen-bond acceptors (Lipinski definition) is 7. The topological polar surface area (TPSA) is 108 Å². The van der Waals surface area contributed by atoms with Gasteiger partial charge in [-0.05, 0) is 6.42 Å². The quantitative estimate of drug-likeness (QED) is 0.492. The zero-order valence-corrected chi connectivity index (χ0v) is 10.3. The molecule has 0 aliphatic heterocycles. The third-order valence-electron chi connectivity index (χ3n) is 2.40. The molecule has 0 unspecified atom stereocenters. The predicted molar refractivity (Wildman–Crippen MR) is 65.4 cm³/mol. The molecule has 1 aromatic heterocycles. The minimum Gasteiger partial charge on any atom is -0.478 e. The lowest BCUT2D eigenvalue weighted by Crippen LogP contribution is -2.49. The minimum atomic E-state index is -1.21. The van der Waals surface area contributed by atoms with Gasteiger partial charge in [-0.15, -0.1) is 0 Å². The Balaban J connectivity index is 2.77. The van der Waals surface area contributed by atoms with Gasteiger partial charge in [0.25, 0.3) is 0 Å². The maximum Gasteiger partial charge on any atom is 0.218 e. The average molecular weight is 257 g/mol. The Labute approximate surface area is 105 Å². The Morgan fingerprint density at radius 3 is 2.44 bits per heavy atom. The highest BCUT2D eigenvalue weighted by Gasteiger charge is 2.28. The van der Waals surface area contributed by atoms with E-state index in [0.717, 1.165) is 6.42 Å². The van der Waals surface area contributed by atoms with Crippen molar-refractivity contribution < 1.29 is 20.1 Å². The molecule has 0 aliphatic carbocycles. The zero-order chi connectivity index (χ0) is 13.4. The first-order valence-electron chi connectivity index (χ1n) is 5.75. The molecule has 7 nitrogen and oxygen atoms in total. The second-order valence-corrected chi connectivity index (χ2v) is 3.97. The lowest BCUT2D eigenvalue weighted by molar-refractivity contribution is 0.0830. The number of ether oxygens (including phenoxy) is 1. The van der Waals surface area contributed by atoms with E-state index in [1.807, 2.05) is 6.92 Å². The molecule has 0 aliphatic rings. The third kappa shape index (κ3) is 3.80. The lowest BCUT2D eigenvalue weighted by Gasteiger charge is -2.29. The average Bonchev–Trinajstić information content (AvgIpc) is 2.43. The van der Waals surface area contributed by atoms with E-state index >= 15 is 0 Å². The van der Waals surface area contributed by atoms with Gasteiger partial charge in [0, 0.05) is 6.07 Å². The van der Waals surface area contributed by atoms with Gasteiger partial charge in [0.2, 0.25) is 5.88 Å². The zero-order valence-electron chi connectivity index (χ0n) is 10.3. The van der Waals surface area contributed by atoms with Crippen LogP contribution in [0.25, 0.3) is 0 Å². The largest absolute Gasteiger partial charge is 0.478 e. The molecule has 0 amide bonds. The van der Waals surface area contributed by atoms with Crippen molar-refractivity contribution in [2.75, 3.05) is 31.7 Å². The van der Waals surface area contributed by atoms with Crippen molar-refractivity contribution in [2.45, 2.75) is 18.9 Å². The number of aliphatic hydroxyl groups excluding tert-OH is 3. The van der Waals surface area contributed by atoms with Crippen molar-refractivity contribution >= 4 is 5.82 Å². The number of anilines is 1. The minimum absolute atomic E-state index is 0.369. The number of nitrogens with zero attached hydrogens (tertiary/aromatic N) is 2. The van der Waals surface area contributed by atoms with E-state index in [-0.39, 0.29) is 0 Å². The summed E-state index contributed by atoms with van der Waals surface area (Å²) in [5, 5.41) is 30.4. The van der Waals surface area contributed by atoms with Crippen LogP contribution in [0.4, 0.5) is 5.82 Å². The summed E-state index contributed by atoms with van der Waals surface area (Å²) in [5.41, 5.74) is -1.21. The predicted octanol–water partition coefficient (Wildman–Crippen LogP) is -0.607. The fourth-order valence-electron chi connectivity index (χ4n) is 1.23. The summed E-state index contributed by atoms with van der Waals surface area (Å²) < 4.78 is 5.33. The third-order valence-corrected chi connectivity index (χ3v) is 2.40. The van der Waals surface area contributed by atoms with Gasteiger partial charge >= 0.3 is 0 Å². The Morgan fingerprint density at radius 1 is 1.22 bits per heavy atom. The van der Waals surface area contributed by atoms with Crippen molar-refractivity contribution in [2.24, 2.45) is 0 Å². The van der Waals surface area contributed by atoms with Crippen LogP contribution in [0, 0.1) is 0 Å². The molecule has 0 bridgehead atoms. The van der Waals surface area contributed by atoms with Crippen LogP contribution in [0.1, 0.15) is 13.3 Å². The molecule has 4 N–H and O–H groups in total. The Morgan fingerprint density at radius 2 is 1.89 bits per heavy atom. The van der Waals surface area contributed by atoms with Crippen LogP contribution >= 0.6 is 0 Å². The van der Waals surface area contributed by atoms with Gasteiger partial charge in [0.1, 0.15) is 17.7 Å². The van der Waals surface area contributed by atoms with Crippen molar-refractivity contribution in [3.8, 4) is 5.88 Å². The summed E-state index contributed by atoms with van der Waals surface area (Å²) in [6, 6.07) is 1.55. The molecule has 18 heavy (non-hydrogen) atoms.